The highest BCUT2D eigenvalue weighted by Gasteiger charge is 2.36. The molecule has 0 saturated carbocycles. The average Bonchev–Trinajstić information content (AvgIpc) is 2.45. The molecule has 0 amide bonds. The maximum atomic E-state index is 11.1. The molecule has 1 fully saturated rings. The fourth-order valence-electron chi connectivity index (χ4n) is 2.08. The van der Waals surface area contributed by atoms with Crippen molar-refractivity contribution in [1.29, 1.82) is 0 Å². The Balaban J connectivity index is 2.58. The number of carboxylic acids is 1. The summed E-state index contributed by atoms with van der Waals surface area (Å²) in [4.78, 5) is 13.3. The summed E-state index contributed by atoms with van der Waals surface area (Å²) >= 11 is 0. The molecular formula is C11H22N2O2. The zero-order chi connectivity index (χ0) is 11.6. The smallest absolute Gasteiger partial charge is 0.324 e. The number of likely N-dealkylation sites (N-methyl/N-ethyl adjacent to an activating group) is 1. The zero-order valence-corrected chi connectivity index (χ0v) is 10.1. The van der Waals surface area contributed by atoms with Gasteiger partial charge in [0.15, 0.2) is 0 Å². The van der Waals surface area contributed by atoms with E-state index in [4.69, 9.17) is 5.11 Å². The van der Waals surface area contributed by atoms with E-state index in [9.17, 15) is 4.79 Å². The van der Waals surface area contributed by atoms with E-state index in [1.54, 1.807) is 14.0 Å². The molecule has 1 rings (SSSR count). The molecule has 1 saturated heterocycles. The van der Waals surface area contributed by atoms with Gasteiger partial charge in [-0.1, -0.05) is 13.8 Å². The number of nitrogens with zero attached hydrogens (tertiary/aromatic N) is 1. The van der Waals surface area contributed by atoms with Crippen LogP contribution in [0.4, 0.5) is 0 Å². The molecule has 0 aromatic rings. The van der Waals surface area contributed by atoms with E-state index in [0.29, 0.717) is 18.4 Å². The second-order valence-electron chi connectivity index (χ2n) is 5.04. The minimum atomic E-state index is -0.830. The summed E-state index contributed by atoms with van der Waals surface area (Å²) in [5, 5.41) is 12.0. The highest BCUT2D eigenvalue weighted by molar-refractivity contribution is 5.78. The van der Waals surface area contributed by atoms with Crippen molar-refractivity contribution in [3.8, 4) is 0 Å². The maximum absolute atomic E-state index is 11.1. The number of aliphatic carboxylic acids is 1. The fraction of sp³-hybridized carbons (Fsp3) is 0.909. The number of rotatable bonds is 4. The van der Waals surface area contributed by atoms with Gasteiger partial charge in [0.2, 0.25) is 0 Å². The van der Waals surface area contributed by atoms with Crippen LogP contribution >= 0.6 is 0 Å². The van der Waals surface area contributed by atoms with Crippen molar-refractivity contribution in [1.82, 2.24) is 10.2 Å². The Hall–Kier alpha value is -0.610. The lowest BCUT2D eigenvalue weighted by Crippen LogP contribution is -2.55. The summed E-state index contributed by atoms with van der Waals surface area (Å²) in [5.41, 5.74) is -0.830. The van der Waals surface area contributed by atoms with Gasteiger partial charge in [-0.2, -0.15) is 0 Å². The highest BCUT2D eigenvalue weighted by atomic mass is 16.4. The second-order valence-corrected chi connectivity index (χ2v) is 5.04. The summed E-state index contributed by atoms with van der Waals surface area (Å²) in [6.45, 7) is 8.78. The van der Waals surface area contributed by atoms with Gasteiger partial charge in [0.05, 0.1) is 0 Å². The lowest BCUT2D eigenvalue weighted by molar-refractivity contribution is -0.144. The van der Waals surface area contributed by atoms with Gasteiger partial charge >= 0.3 is 5.97 Å². The standard InChI is InChI=1S/C11H22N2O2/c1-8-5-13(6-9(8)2)7-11(3,12-4)10(14)15/h8-9,12H,5-7H2,1-4H3,(H,14,15). The predicted molar refractivity (Wildman–Crippen MR) is 59.9 cm³/mol. The first-order valence-electron chi connectivity index (χ1n) is 5.53. The molecule has 4 heteroatoms. The largest absolute Gasteiger partial charge is 0.480 e. The molecule has 1 aliphatic rings. The Morgan fingerprint density at radius 1 is 1.47 bits per heavy atom. The Kier molecular flexibility index (Phi) is 3.73. The van der Waals surface area contributed by atoms with Crippen LogP contribution in [0.25, 0.3) is 0 Å². The number of carbonyl (C=O) groups is 1. The van der Waals surface area contributed by atoms with Crippen molar-refractivity contribution in [2.75, 3.05) is 26.7 Å². The summed E-state index contributed by atoms with van der Waals surface area (Å²) < 4.78 is 0. The van der Waals surface area contributed by atoms with Gasteiger partial charge in [-0.05, 0) is 25.8 Å². The lowest BCUT2D eigenvalue weighted by Gasteiger charge is -2.29. The summed E-state index contributed by atoms with van der Waals surface area (Å²) in [5.74, 6) is 0.553. The van der Waals surface area contributed by atoms with Crippen molar-refractivity contribution in [3.63, 3.8) is 0 Å². The Morgan fingerprint density at radius 3 is 2.27 bits per heavy atom. The quantitative estimate of drug-likeness (QED) is 0.721. The molecule has 0 aromatic carbocycles. The monoisotopic (exact) mass is 214 g/mol. The van der Waals surface area contributed by atoms with E-state index in [1.807, 2.05) is 0 Å². The normalized spacial score (nSPS) is 31.5. The third kappa shape index (κ3) is 2.69. The minimum absolute atomic E-state index is 0.577. The van der Waals surface area contributed by atoms with Crippen molar-refractivity contribution in [2.24, 2.45) is 11.8 Å². The van der Waals surface area contributed by atoms with E-state index in [1.165, 1.54) is 0 Å². The van der Waals surface area contributed by atoms with Crippen molar-refractivity contribution < 1.29 is 9.90 Å². The fourth-order valence-corrected chi connectivity index (χ4v) is 2.08. The maximum Gasteiger partial charge on any atom is 0.324 e. The molecule has 0 spiro atoms. The van der Waals surface area contributed by atoms with Crippen molar-refractivity contribution >= 4 is 5.97 Å². The topological polar surface area (TPSA) is 52.6 Å². The predicted octanol–water partition coefficient (Wildman–Crippen LogP) is 0.637. The lowest BCUT2D eigenvalue weighted by atomic mass is 10.0. The van der Waals surface area contributed by atoms with Crippen molar-refractivity contribution in [2.45, 2.75) is 26.3 Å². The number of hydrogen-bond donors (Lipinski definition) is 2. The first kappa shape index (κ1) is 12.5. The first-order chi connectivity index (χ1) is 6.89. The van der Waals surface area contributed by atoms with E-state index in [2.05, 4.69) is 24.1 Å². The van der Waals surface area contributed by atoms with E-state index in [0.717, 1.165) is 13.1 Å². The van der Waals surface area contributed by atoms with Gasteiger partial charge in [0.1, 0.15) is 5.54 Å². The van der Waals surface area contributed by atoms with Gasteiger partial charge in [-0.25, -0.2) is 0 Å². The van der Waals surface area contributed by atoms with Crippen LogP contribution in [-0.4, -0.2) is 48.2 Å². The Bertz CT molecular complexity index is 235. The van der Waals surface area contributed by atoms with Crippen molar-refractivity contribution in [3.05, 3.63) is 0 Å². The molecule has 2 N–H and O–H groups in total. The van der Waals surface area contributed by atoms with Crippen LogP contribution in [0.5, 0.6) is 0 Å². The van der Waals surface area contributed by atoms with Gasteiger partial charge in [0.25, 0.3) is 0 Å². The molecule has 0 radical (unpaired) electrons. The molecule has 4 nitrogen and oxygen atoms in total. The van der Waals surface area contributed by atoms with E-state index in [-0.39, 0.29) is 0 Å². The van der Waals surface area contributed by atoms with Crippen LogP contribution in [0.15, 0.2) is 0 Å². The molecular weight excluding hydrogens is 192 g/mol. The Labute approximate surface area is 91.6 Å². The molecule has 1 heterocycles. The van der Waals surface area contributed by atoms with Crippen LogP contribution in [0.1, 0.15) is 20.8 Å². The molecule has 88 valence electrons. The molecule has 0 bridgehead atoms. The second kappa shape index (κ2) is 4.49. The molecule has 0 aliphatic carbocycles. The molecule has 0 aromatic heterocycles. The van der Waals surface area contributed by atoms with Crippen LogP contribution in [0.2, 0.25) is 0 Å². The van der Waals surface area contributed by atoms with Crippen LogP contribution < -0.4 is 5.32 Å². The van der Waals surface area contributed by atoms with Crippen LogP contribution in [-0.2, 0) is 4.79 Å². The van der Waals surface area contributed by atoms with Gasteiger partial charge in [0, 0.05) is 19.6 Å². The molecule has 1 aliphatic heterocycles. The molecule has 3 atom stereocenters. The molecule has 3 unspecified atom stereocenters. The third-order valence-electron chi connectivity index (χ3n) is 3.63. The number of hydrogen-bond acceptors (Lipinski definition) is 3. The number of likely N-dealkylation sites (tertiary alicyclic amines) is 1. The Morgan fingerprint density at radius 2 is 1.93 bits per heavy atom. The average molecular weight is 214 g/mol. The summed E-state index contributed by atoms with van der Waals surface area (Å²) in [6.07, 6.45) is 0. The van der Waals surface area contributed by atoms with E-state index < -0.39 is 11.5 Å². The van der Waals surface area contributed by atoms with Gasteiger partial charge in [-0.15, -0.1) is 0 Å². The summed E-state index contributed by atoms with van der Waals surface area (Å²) in [7, 11) is 1.71. The SMILES string of the molecule is CNC(C)(CN1CC(C)C(C)C1)C(=O)O. The minimum Gasteiger partial charge on any atom is -0.480 e. The molecule has 15 heavy (non-hydrogen) atoms. The van der Waals surface area contributed by atoms with Gasteiger partial charge < -0.3 is 15.3 Å². The van der Waals surface area contributed by atoms with E-state index >= 15 is 0 Å². The van der Waals surface area contributed by atoms with Gasteiger partial charge in [-0.3, -0.25) is 4.79 Å². The third-order valence-corrected chi connectivity index (χ3v) is 3.63. The van der Waals surface area contributed by atoms with Crippen LogP contribution in [0, 0.1) is 11.8 Å². The zero-order valence-electron chi connectivity index (χ0n) is 10.1. The summed E-state index contributed by atoms with van der Waals surface area (Å²) in [6, 6.07) is 0. The first-order valence-corrected chi connectivity index (χ1v) is 5.53. The highest BCUT2D eigenvalue weighted by Crippen LogP contribution is 2.23. The van der Waals surface area contributed by atoms with Crippen LogP contribution in [0.3, 0.4) is 0 Å². The number of carboxylic acid groups (broad SMARTS) is 1. The number of nitrogens with one attached hydrogen (secondary N) is 1.